The number of rotatable bonds is 6. The van der Waals surface area contributed by atoms with Gasteiger partial charge in [-0.3, -0.25) is 9.69 Å². The second-order valence-corrected chi connectivity index (χ2v) is 7.00. The van der Waals surface area contributed by atoms with Gasteiger partial charge in [0.15, 0.2) is 5.78 Å². The fourth-order valence-electron chi connectivity index (χ4n) is 3.76. The number of ketones is 1. The predicted molar refractivity (Wildman–Crippen MR) is 99.0 cm³/mol. The lowest BCUT2D eigenvalue weighted by molar-refractivity contribution is -0.125. The van der Waals surface area contributed by atoms with Crippen molar-refractivity contribution in [3.8, 4) is 0 Å². The molecule has 3 rings (SSSR count). The van der Waals surface area contributed by atoms with Crippen LogP contribution in [-0.4, -0.2) is 23.8 Å². The molecule has 0 spiro atoms. The van der Waals surface area contributed by atoms with E-state index < -0.39 is 6.04 Å². The van der Waals surface area contributed by atoms with Gasteiger partial charge in [-0.2, -0.15) is 0 Å². The summed E-state index contributed by atoms with van der Waals surface area (Å²) in [6.07, 6.45) is 3.77. The van der Waals surface area contributed by atoms with Crippen LogP contribution in [0.1, 0.15) is 55.7 Å². The highest BCUT2D eigenvalue weighted by Gasteiger charge is 2.31. The van der Waals surface area contributed by atoms with Crippen molar-refractivity contribution in [1.29, 1.82) is 0 Å². The molecule has 0 amide bonds. The maximum Gasteiger partial charge on any atom is 0.155 e. The SMILES string of the molecule is C[C@H](CC(=O)[C@@H](c1ccccc1F)N1CCCCC1)c1ccccc1. The molecule has 0 unspecified atom stereocenters. The first-order chi connectivity index (χ1) is 12.2. The number of Topliss-reactive ketones (excluding diaryl/α,β-unsaturated/α-hetero) is 1. The molecule has 2 aromatic rings. The number of carbonyl (C=O) groups is 1. The molecular formula is C22H26FNO. The Kier molecular flexibility index (Phi) is 5.98. The van der Waals surface area contributed by atoms with Gasteiger partial charge >= 0.3 is 0 Å². The lowest BCUT2D eigenvalue weighted by Crippen LogP contribution is -2.38. The topological polar surface area (TPSA) is 20.3 Å². The van der Waals surface area contributed by atoms with Crippen molar-refractivity contribution >= 4 is 5.78 Å². The highest BCUT2D eigenvalue weighted by molar-refractivity contribution is 5.86. The molecule has 2 nitrogen and oxygen atoms in total. The molecule has 2 atom stereocenters. The quantitative estimate of drug-likeness (QED) is 0.728. The Balaban J connectivity index is 1.83. The summed E-state index contributed by atoms with van der Waals surface area (Å²) < 4.78 is 14.4. The number of piperidine rings is 1. The average molecular weight is 339 g/mol. The molecule has 0 saturated carbocycles. The number of likely N-dealkylation sites (tertiary alicyclic amines) is 1. The summed E-state index contributed by atoms with van der Waals surface area (Å²) in [4.78, 5) is 15.3. The first-order valence-electron chi connectivity index (χ1n) is 9.23. The molecule has 0 aromatic heterocycles. The van der Waals surface area contributed by atoms with Gasteiger partial charge in [0.1, 0.15) is 5.82 Å². The third-order valence-corrected chi connectivity index (χ3v) is 5.14. The molecule has 1 saturated heterocycles. The zero-order valence-corrected chi connectivity index (χ0v) is 14.8. The van der Waals surface area contributed by atoms with Gasteiger partial charge < -0.3 is 0 Å². The Labute approximate surface area is 149 Å². The van der Waals surface area contributed by atoms with Crippen molar-refractivity contribution in [2.24, 2.45) is 0 Å². The van der Waals surface area contributed by atoms with Crippen molar-refractivity contribution in [3.63, 3.8) is 0 Å². The van der Waals surface area contributed by atoms with E-state index in [0.717, 1.165) is 31.5 Å². The summed E-state index contributed by atoms with van der Waals surface area (Å²) in [5.74, 6) is -0.0325. The largest absolute Gasteiger partial charge is 0.298 e. The molecule has 1 aliphatic rings. The van der Waals surface area contributed by atoms with Crippen LogP contribution >= 0.6 is 0 Å². The number of halogens is 1. The molecule has 0 aliphatic carbocycles. The number of hydrogen-bond acceptors (Lipinski definition) is 2. The van der Waals surface area contributed by atoms with Crippen LogP contribution < -0.4 is 0 Å². The van der Waals surface area contributed by atoms with Gasteiger partial charge in [-0.1, -0.05) is 61.9 Å². The summed E-state index contributed by atoms with van der Waals surface area (Å²) in [6.45, 7) is 3.80. The number of hydrogen-bond donors (Lipinski definition) is 0. The smallest absolute Gasteiger partial charge is 0.155 e. The Hall–Kier alpha value is -2.00. The third-order valence-electron chi connectivity index (χ3n) is 5.14. The molecule has 0 N–H and O–H groups in total. The van der Waals surface area contributed by atoms with E-state index in [1.54, 1.807) is 12.1 Å². The standard InChI is InChI=1S/C22H26FNO/c1-17(18-10-4-2-5-11-18)16-21(25)22(24-14-8-3-9-15-24)19-12-6-7-13-20(19)23/h2,4-7,10-13,17,22H,3,8-9,14-16H2,1H3/t17-,22-/m1/s1. The van der Waals surface area contributed by atoms with Crippen molar-refractivity contribution in [2.75, 3.05) is 13.1 Å². The lowest BCUT2D eigenvalue weighted by atomic mass is 9.89. The molecule has 0 radical (unpaired) electrons. The first kappa shape index (κ1) is 17.8. The van der Waals surface area contributed by atoms with Crippen LogP contribution in [0.4, 0.5) is 4.39 Å². The second-order valence-electron chi connectivity index (χ2n) is 7.00. The Morgan fingerprint density at radius 1 is 1.00 bits per heavy atom. The van der Waals surface area contributed by atoms with E-state index in [0.29, 0.717) is 12.0 Å². The van der Waals surface area contributed by atoms with Crippen molar-refractivity contribution in [3.05, 3.63) is 71.5 Å². The zero-order chi connectivity index (χ0) is 17.6. The van der Waals surface area contributed by atoms with Crippen LogP contribution in [-0.2, 0) is 4.79 Å². The van der Waals surface area contributed by atoms with Gasteiger partial charge in [0.25, 0.3) is 0 Å². The summed E-state index contributed by atoms with van der Waals surface area (Å²) in [5.41, 5.74) is 1.68. The predicted octanol–water partition coefficient (Wildman–Crippen LogP) is 5.12. The fraction of sp³-hybridized carbons (Fsp3) is 0.409. The molecular weight excluding hydrogens is 313 g/mol. The minimum atomic E-state index is -0.465. The van der Waals surface area contributed by atoms with E-state index in [-0.39, 0.29) is 17.5 Å². The molecule has 25 heavy (non-hydrogen) atoms. The molecule has 0 bridgehead atoms. The summed E-state index contributed by atoms with van der Waals surface area (Å²) in [6, 6.07) is 16.3. The van der Waals surface area contributed by atoms with Crippen molar-refractivity contribution in [1.82, 2.24) is 4.90 Å². The van der Waals surface area contributed by atoms with Crippen LogP contribution in [0.3, 0.4) is 0 Å². The van der Waals surface area contributed by atoms with Gasteiger partial charge in [0, 0.05) is 12.0 Å². The van der Waals surface area contributed by atoms with Crippen LogP contribution in [0.2, 0.25) is 0 Å². The third kappa shape index (κ3) is 4.35. The summed E-state index contributed by atoms with van der Waals surface area (Å²) in [5, 5.41) is 0. The van der Waals surface area contributed by atoms with Gasteiger partial charge in [0.2, 0.25) is 0 Å². The second kappa shape index (κ2) is 8.39. The highest BCUT2D eigenvalue weighted by Crippen LogP contribution is 2.31. The normalized spacial score (nSPS) is 17.8. The number of benzene rings is 2. The van der Waals surface area contributed by atoms with Crippen LogP contribution in [0.15, 0.2) is 54.6 Å². The number of carbonyl (C=O) groups excluding carboxylic acids is 1. The van der Waals surface area contributed by atoms with Crippen LogP contribution in [0, 0.1) is 5.82 Å². The molecule has 1 heterocycles. The molecule has 2 aromatic carbocycles. The van der Waals surface area contributed by atoms with E-state index in [1.165, 1.54) is 12.5 Å². The zero-order valence-electron chi connectivity index (χ0n) is 14.8. The summed E-state index contributed by atoms with van der Waals surface area (Å²) in [7, 11) is 0. The fourth-order valence-corrected chi connectivity index (χ4v) is 3.76. The lowest BCUT2D eigenvalue weighted by Gasteiger charge is -2.34. The minimum absolute atomic E-state index is 0.114. The van der Waals surface area contributed by atoms with Crippen LogP contribution in [0.5, 0.6) is 0 Å². The van der Waals surface area contributed by atoms with Crippen molar-refractivity contribution < 1.29 is 9.18 Å². The maximum atomic E-state index is 14.4. The Morgan fingerprint density at radius 3 is 2.32 bits per heavy atom. The highest BCUT2D eigenvalue weighted by atomic mass is 19.1. The van der Waals surface area contributed by atoms with Gasteiger partial charge in [-0.05, 0) is 43.5 Å². The average Bonchev–Trinajstić information content (AvgIpc) is 2.65. The Morgan fingerprint density at radius 2 is 1.64 bits per heavy atom. The van der Waals surface area contributed by atoms with Gasteiger partial charge in [0.05, 0.1) is 6.04 Å². The molecule has 1 fully saturated rings. The van der Waals surface area contributed by atoms with Gasteiger partial charge in [-0.15, -0.1) is 0 Å². The molecule has 132 valence electrons. The number of nitrogens with zero attached hydrogens (tertiary/aromatic N) is 1. The van der Waals surface area contributed by atoms with E-state index >= 15 is 0 Å². The monoisotopic (exact) mass is 339 g/mol. The van der Waals surface area contributed by atoms with E-state index in [9.17, 15) is 9.18 Å². The van der Waals surface area contributed by atoms with E-state index in [1.807, 2.05) is 24.3 Å². The Bertz CT molecular complexity index is 694. The van der Waals surface area contributed by atoms with Crippen molar-refractivity contribution in [2.45, 2.75) is 44.6 Å². The van der Waals surface area contributed by atoms with E-state index in [2.05, 4.69) is 24.0 Å². The van der Waals surface area contributed by atoms with Crippen LogP contribution in [0.25, 0.3) is 0 Å². The maximum absolute atomic E-state index is 14.4. The van der Waals surface area contributed by atoms with Gasteiger partial charge in [-0.25, -0.2) is 4.39 Å². The first-order valence-corrected chi connectivity index (χ1v) is 9.23. The molecule has 1 aliphatic heterocycles. The summed E-state index contributed by atoms with van der Waals surface area (Å²) >= 11 is 0. The van der Waals surface area contributed by atoms with E-state index in [4.69, 9.17) is 0 Å². The molecule has 3 heteroatoms. The minimum Gasteiger partial charge on any atom is -0.298 e.